The van der Waals surface area contributed by atoms with E-state index in [0.29, 0.717) is 33.7 Å². The van der Waals surface area contributed by atoms with Crippen molar-refractivity contribution < 1.29 is 4.79 Å². The fourth-order valence-electron chi connectivity index (χ4n) is 4.52. The van der Waals surface area contributed by atoms with Crippen molar-refractivity contribution in [2.45, 2.75) is 29.8 Å². The molecule has 0 unspecified atom stereocenters. The van der Waals surface area contributed by atoms with Gasteiger partial charge in [-0.2, -0.15) is 9.50 Å². The van der Waals surface area contributed by atoms with Crippen LogP contribution in [0.15, 0.2) is 59.9 Å². The number of halogens is 1. The van der Waals surface area contributed by atoms with Crippen molar-refractivity contribution in [2.24, 2.45) is 0 Å². The molecule has 154 valence electrons. The van der Waals surface area contributed by atoms with Crippen LogP contribution in [0.1, 0.15) is 38.8 Å². The number of carbonyl (C=O) groups excluding carboxylic acids is 1. The van der Waals surface area contributed by atoms with Crippen molar-refractivity contribution in [1.29, 1.82) is 0 Å². The van der Waals surface area contributed by atoms with E-state index in [4.69, 9.17) is 16.7 Å². The van der Waals surface area contributed by atoms with Gasteiger partial charge in [-0.15, -0.1) is 5.10 Å². The van der Waals surface area contributed by atoms with Gasteiger partial charge in [-0.05, 0) is 35.2 Å². The first-order valence-corrected chi connectivity index (χ1v) is 11.5. The van der Waals surface area contributed by atoms with Crippen LogP contribution in [0.3, 0.4) is 0 Å². The molecule has 0 spiro atoms. The van der Waals surface area contributed by atoms with E-state index < -0.39 is 0 Å². The standard InChI is InChI=1S/C23H18ClN5OS/c24-16-6-3-4-14(10-16)13-31-23-26-22-25-12-18-20(29(22)27-23)11-19-17-7-2-1-5-15(17)8-9-28(19)21(18)30/h1-7,10,12,19H,8-9,11,13H2/t19-/m0/s1. The summed E-state index contributed by atoms with van der Waals surface area (Å²) in [4.78, 5) is 24.2. The summed E-state index contributed by atoms with van der Waals surface area (Å²) in [5.41, 5.74) is 5.17. The molecule has 0 aliphatic carbocycles. The van der Waals surface area contributed by atoms with Crippen LogP contribution in [0.4, 0.5) is 0 Å². The molecule has 1 amide bonds. The summed E-state index contributed by atoms with van der Waals surface area (Å²) < 4.78 is 1.75. The van der Waals surface area contributed by atoms with E-state index in [1.807, 2.05) is 35.2 Å². The number of hydrogen-bond donors (Lipinski definition) is 0. The van der Waals surface area contributed by atoms with E-state index in [9.17, 15) is 4.79 Å². The summed E-state index contributed by atoms with van der Waals surface area (Å²) in [5, 5.41) is 6.05. The minimum Gasteiger partial charge on any atom is -0.331 e. The van der Waals surface area contributed by atoms with Gasteiger partial charge in [0.05, 0.1) is 17.3 Å². The summed E-state index contributed by atoms with van der Waals surface area (Å²) >= 11 is 7.62. The number of aromatic nitrogens is 4. The zero-order chi connectivity index (χ0) is 20.9. The molecule has 6 nitrogen and oxygen atoms in total. The lowest BCUT2D eigenvalue weighted by atomic mass is 9.86. The molecule has 0 fully saturated rings. The molecule has 0 radical (unpaired) electrons. The third-order valence-electron chi connectivity index (χ3n) is 5.99. The Bertz CT molecular complexity index is 1340. The molecule has 8 heteroatoms. The van der Waals surface area contributed by atoms with E-state index >= 15 is 0 Å². The van der Waals surface area contributed by atoms with E-state index in [2.05, 4.69) is 28.2 Å². The molecule has 2 aliphatic rings. The van der Waals surface area contributed by atoms with Crippen molar-refractivity contribution in [2.75, 3.05) is 6.54 Å². The molecule has 0 saturated carbocycles. The number of amides is 1. The molecule has 2 aromatic carbocycles. The van der Waals surface area contributed by atoms with Crippen LogP contribution in [0, 0.1) is 0 Å². The minimum absolute atomic E-state index is 0.0267. The van der Waals surface area contributed by atoms with Gasteiger partial charge in [0.1, 0.15) is 0 Å². The molecule has 0 saturated heterocycles. The third kappa shape index (κ3) is 3.20. The van der Waals surface area contributed by atoms with Gasteiger partial charge >= 0.3 is 0 Å². The number of nitrogens with zero attached hydrogens (tertiary/aromatic N) is 5. The van der Waals surface area contributed by atoms with Crippen LogP contribution in [0.25, 0.3) is 5.78 Å². The minimum atomic E-state index is 0.0267. The summed E-state index contributed by atoms with van der Waals surface area (Å²) in [6.07, 6.45) is 3.25. The highest BCUT2D eigenvalue weighted by Crippen LogP contribution is 2.37. The van der Waals surface area contributed by atoms with Crippen LogP contribution in [0.5, 0.6) is 0 Å². The van der Waals surface area contributed by atoms with Crippen molar-refractivity contribution in [1.82, 2.24) is 24.5 Å². The molecular weight excluding hydrogens is 430 g/mol. The van der Waals surface area contributed by atoms with Crippen LogP contribution in [0.2, 0.25) is 5.02 Å². The molecule has 2 aromatic heterocycles. The van der Waals surface area contributed by atoms with Crippen LogP contribution in [-0.4, -0.2) is 36.9 Å². The van der Waals surface area contributed by atoms with Gasteiger partial charge in [0, 0.05) is 29.9 Å². The van der Waals surface area contributed by atoms with Gasteiger partial charge in [0.2, 0.25) is 5.16 Å². The van der Waals surface area contributed by atoms with Gasteiger partial charge in [-0.25, -0.2) is 4.98 Å². The summed E-state index contributed by atoms with van der Waals surface area (Å²) in [5.74, 6) is 1.26. The van der Waals surface area contributed by atoms with Gasteiger partial charge in [0.25, 0.3) is 11.7 Å². The Morgan fingerprint density at radius 3 is 2.97 bits per heavy atom. The highest BCUT2D eigenvalue weighted by atomic mass is 35.5. The molecule has 0 N–H and O–H groups in total. The second-order valence-corrected chi connectivity index (χ2v) is 9.19. The predicted octanol–water partition coefficient (Wildman–Crippen LogP) is 4.37. The van der Waals surface area contributed by atoms with Crippen LogP contribution >= 0.6 is 23.4 Å². The fraction of sp³-hybridized carbons (Fsp3) is 0.217. The Morgan fingerprint density at radius 1 is 1.16 bits per heavy atom. The molecule has 0 bridgehead atoms. The molecule has 4 heterocycles. The Balaban J connectivity index is 1.36. The van der Waals surface area contributed by atoms with Crippen LogP contribution in [-0.2, 0) is 18.6 Å². The first-order valence-electron chi connectivity index (χ1n) is 10.2. The normalized spacial score (nSPS) is 17.4. The first-order chi connectivity index (χ1) is 15.2. The summed E-state index contributed by atoms with van der Waals surface area (Å²) in [6.45, 7) is 0.732. The SMILES string of the molecule is O=C1c2cnc3nc(SCc4cccc(Cl)c4)nn3c2C[C@H]2c3ccccc3CCN12. The molecule has 31 heavy (non-hydrogen) atoms. The van der Waals surface area contributed by atoms with E-state index in [1.165, 1.54) is 22.9 Å². The quantitative estimate of drug-likeness (QED) is 0.436. The second kappa shape index (κ2) is 7.35. The van der Waals surface area contributed by atoms with Gasteiger partial charge < -0.3 is 4.90 Å². The Hall–Kier alpha value is -2.90. The first kappa shape index (κ1) is 18.8. The van der Waals surface area contributed by atoms with Crippen molar-refractivity contribution in [3.05, 3.63) is 87.7 Å². The Kier molecular flexibility index (Phi) is 4.47. The second-order valence-electron chi connectivity index (χ2n) is 7.81. The number of carbonyl (C=O) groups is 1. The summed E-state index contributed by atoms with van der Waals surface area (Å²) in [7, 11) is 0. The summed E-state index contributed by atoms with van der Waals surface area (Å²) in [6, 6.07) is 16.2. The maximum absolute atomic E-state index is 13.3. The highest BCUT2D eigenvalue weighted by Gasteiger charge is 2.38. The number of thioether (sulfide) groups is 1. The lowest BCUT2D eigenvalue weighted by Crippen LogP contribution is -2.45. The topological polar surface area (TPSA) is 63.4 Å². The van der Waals surface area contributed by atoms with Crippen molar-refractivity contribution in [3.8, 4) is 0 Å². The third-order valence-corrected chi connectivity index (χ3v) is 7.14. The number of benzene rings is 2. The van der Waals surface area contributed by atoms with E-state index in [1.54, 1.807) is 10.7 Å². The molecule has 6 rings (SSSR count). The van der Waals surface area contributed by atoms with Gasteiger partial charge in [0.15, 0.2) is 0 Å². The fourth-order valence-corrected chi connectivity index (χ4v) is 5.50. The average molecular weight is 448 g/mol. The molecule has 2 aliphatic heterocycles. The zero-order valence-electron chi connectivity index (χ0n) is 16.5. The van der Waals surface area contributed by atoms with Gasteiger partial charge in [-0.3, -0.25) is 4.79 Å². The lowest BCUT2D eigenvalue weighted by molar-refractivity contribution is 0.0626. The number of fused-ring (bicyclic) bond motifs is 6. The molecular formula is C23H18ClN5OS. The maximum Gasteiger partial charge on any atom is 0.257 e. The van der Waals surface area contributed by atoms with Crippen molar-refractivity contribution in [3.63, 3.8) is 0 Å². The smallest absolute Gasteiger partial charge is 0.257 e. The molecule has 4 aromatic rings. The Labute approximate surface area is 188 Å². The molecule has 1 atom stereocenters. The maximum atomic E-state index is 13.3. The monoisotopic (exact) mass is 447 g/mol. The Morgan fingerprint density at radius 2 is 2.06 bits per heavy atom. The highest BCUT2D eigenvalue weighted by molar-refractivity contribution is 7.98. The van der Waals surface area contributed by atoms with Crippen LogP contribution < -0.4 is 0 Å². The number of hydrogen-bond acceptors (Lipinski definition) is 5. The average Bonchev–Trinajstić information content (AvgIpc) is 3.21. The lowest BCUT2D eigenvalue weighted by Gasteiger charge is -2.40. The van der Waals surface area contributed by atoms with Gasteiger partial charge in [-0.1, -0.05) is 59.8 Å². The van der Waals surface area contributed by atoms with E-state index in [0.717, 1.165) is 24.2 Å². The number of rotatable bonds is 3. The zero-order valence-corrected chi connectivity index (χ0v) is 18.1. The van der Waals surface area contributed by atoms with E-state index in [-0.39, 0.29) is 11.9 Å². The largest absolute Gasteiger partial charge is 0.331 e. The predicted molar refractivity (Wildman–Crippen MR) is 119 cm³/mol. The van der Waals surface area contributed by atoms with Crippen molar-refractivity contribution >= 4 is 35.0 Å².